The van der Waals surface area contributed by atoms with E-state index in [2.05, 4.69) is 4.98 Å². The van der Waals surface area contributed by atoms with Crippen LogP contribution in [-0.4, -0.2) is 21.9 Å². The third-order valence-corrected chi connectivity index (χ3v) is 5.37. The van der Waals surface area contributed by atoms with E-state index < -0.39 is 17.2 Å². The normalized spacial score (nSPS) is 19.5. The summed E-state index contributed by atoms with van der Waals surface area (Å²) in [5.41, 5.74) is 0.333. The van der Waals surface area contributed by atoms with E-state index in [4.69, 9.17) is 0 Å². The predicted molar refractivity (Wildman–Crippen MR) is 94.8 cm³/mol. The van der Waals surface area contributed by atoms with Crippen LogP contribution in [0.1, 0.15) is 31.0 Å². The van der Waals surface area contributed by atoms with Crippen LogP contribution in [0.4, 0.5) is 8.78 Å². The van der Waals surface area contributed by atoms with E-state index in [1.807, 2.05) is 30.3 Å². The van der Waals surface area contributed by atoms with Crippen molar-refractivity contribution in [1.29, 1.82) is 0 Å². The molecule has 0 spiro atoms. The minimum Gasteiger partial charge on any atom is -0.387 e. The van der Waals surface area contributed by atoms with E-state index in [0.717, 1.165) is 22.2 Å². The number of H-pyrrole nitrogens is 1. The highest BCUT2D eigenvalue weighted by Crippen LogP contribution is 2.55. The molecular formula is C21H21F2NO. The zero-order valence-electron chi connectivity index (χ0n) is 14.1. The molecule has 2 atom stereocenters. The topological polar surface area (TPSA) is 36.0 Å². The molecule has 2 nitrogen and oxygen atoms in total. The molecule has 0 bridgehead atoms. The number of nitrogens with one attached hydrogen (secondary N) is 1. The lowest BCUT2D eigenvalue weighted by Gasteiger charge is -2.33. The number of aliphatic hydroxyl groups is 1. The van der Waals surface area contributed by atoms with Gasteiger partial charge in [0.15, 0.2) is 0 Å². The maximum Gasteiger partial charge on any atom is 0.138 e. The maximum atomic E-state index is 15.4. The molecule has 0 radical (unpaired) electrons. The van der Waals surface area contributed by atoms with Crippen molar-refractivity contribution in [1.82, 2.24) is 4.98 Å². The number of aromatic nitrogens is 1. The van der Waals surface area contributed by atoms with Crippen molar-refractivity contribution in [3.63, 3.8) is 0 Å². The molecule has 4 rings (SSSR count). The molecule has 0 amide bonds. The zero-order chi connectivity index (χ0) is 17.7. The minimum absolute atomic E-state index is 0.200. The Balaban J connectivity index is 1.59. The summed E-state index contributed by atoms with van der Waals surface area (Å²) in [5, 5.41) is 11.9. The van der Waals surface area contributed by atoms with Crippen molar-refractivity contribution in [2.45, 2.75) is 43.4 Å². The van der Waals surface area contributed by atoms with Gasteiger partial charge in [0, 0.05) is 23.0 Å². The fourth-order valence-corrected chi connectivity index (χ4v) is 3.90. The molecule has 1 heterocycles. The zero-order valence-corrected chi connectivity index (χ0v) is 14.1. The van der Waals surface area contributed by atoms with Gasteiger partial charge in [0.2, 0.25) is 0 Å². The van der Waals surface area contributed by atoms with Crippen LogP contribution in [0.25, 0.3) is 10.9 Å². The Morgan fingerprint density at radius 3 is 2.48 bits per heavy atom. The number of benzene rings is 2. The summed E-state index contributed by atoms with van der Waals surface area (Å²) in [6.07, 6.45) is 0.119. The van der Waals surface area contributed by atoms with Gasteiger partial charge in [-0.1, -0.05) is 30.3 Å². The van der Waals surface area contributed by atoms with Crippen LogP contribution in [0, 0.1) is 5.82 Å². The second-order valence-corrected chi connectivity index (χ2v) is 7.44. The molecule has 0 aliphatic heterocycles. The molecule has 1 aromatic heterocycles. The van der Waals surface area contributed by atoms with Gasteiger partial charge in [0.1, 0.15) is 12.0 Å². The summed E-state index contributed by atoms with van der Waals surface area (Å²) >= 11 is 0. The summed E-state index contributed by atoms with van der Waals surface area (Å²) in [4.78, 5) is 3.25. The minimum atomic E-state index is -1.51. The van der Waals surface area contributed by atoms with Crippen LogP contribution in [-0.2, 0) is 11.8 Å². The van der Waals surface area contributed by atoms with Gasteiger partial charge in [-0.05, 0) is 55.0 Å². The van der Waals surface area contributed by atoms with Crippen molar-refractivity contribution >= 4 is 10.9 Å². The number of hydrogen-bond donors (Lipinski definition) is 2. The molecule has 4 heteroatoms. The molecule has 130 valence electrons. The molecule has 1 aliphatic carbocycles. The number of aromatic amines is 1. The summed E-state index contributed by atoms with van der Waals surface area (Å²) in [5.74, 6) is -0.334. The van der Waals surface area contributed by atoms with Gasteiger partial charge >= 0.3 is 0 Å². The molecule has 2 aromatic carbocycles. The van der Waals surface area contributed by atoms with Crippen molar-refractivity contribution in [3.05, 3.63) is 71.7 Å². The molecule has 3 aromatic rings. The van der Waals surface area contributed by atoms with E-state index in [0.29, 0.717) is 12.8 Å². The Morgan fingerprint density at radius 2 is 1.84 bits per heavy atom. The van der Waals surface area contributed by atoms with Gasteiger partial charge in [-0.2, -0.15) is 0 Å². The van der Waals surface area contributed by atoms with Crippen LogP contribution in [0.5, 0.6) is 0 Å². The third kappa shape index (κ3) is 2.85. The number of rotatable bonds is 5. The van der Waals surface area contributed by atoms with Gasteiger partial charge in [-0.15, -0.1) is 0 Å². The van der Waals surface area contributed by atoms with Gasteiger partial charge in [-0.25, -0.2) is 8.78 Å². The third-order valence-electron chi connectivity index (χ3n) is 5.37. The smallest absolute Gasteiger partial charge is 0.138 e. The van der Waals surface area contributed by atoms with Crippen LogP contribution < -0.4 is 0 Å². The maximum absolute atomic E-state index is 15.4. The molecule has 1 saturated carbocycles. The van der Waals surface area contributed by atoms with Crippen molar-refractivity contribution < 1.29 is 13.9 Å². The lowest BCUT2D eigenvalue weighted by Crippen LogP contribution is -2.46. The Morgan fingerprint density at radius 1 is 1.16 bits per heavy atom. The van der Waals surface area contributed by atoms with Crippen LogP contribution >= 0.6 is 0 Å². The number of para-hydroxylation sites is 1. The SMILES string of the molecule is CC(O)(Cc1cc2ccccc2[nH]1)C(F)C1(c2ccc(F)cc2)CC1. The van der Waals surface area contributed by atoms with Crippen molar-refractivity contribution in [2.24, 2.45) is 0 Å². The van der Waals surface area contributed by atoms with Crippen LogP contribution in [0.3, 0.4) is 0 Å². The molecule has 1 aliphatic rings. The number of halogens is 2. The largest absolute Gasteiger partial charge is 0.387 e. The Hall–Kier alpha value is -2.20. The molecule has 0 saturated heterocycles. The fraction of sp³-hybridized carbons (Fsp3) is 0.333. The first-order valence-electron chi connectivity index (χ1n) is 8.60. The number of alkyl halides is 1. The summed E-state index contributed by atoms with van der Waals surface area (Å²) in [7, 11) is 0. The van der Waals surface area contributed by atoms with E-state index in [-0.39, 0.29) is 12.2 Å². The molecule has 2 unspecified atom stereocenters. The van der Waals surface area contributed by atoms with Gasteiger partial charge in [0.25, 0.3) is 0 Å². The molecule has 1 fully saturated rings. The summed E-state index contributed by atoms with van der Waals surface area (Å²) in [6, 6.07) is 15.8. The monoisotopic (exact) mass is 341 g/mol. The second kappa shape index (κ2) is 5.67. The Kier molecular flexibility index (Phi) is 3.69. The molecule has 2 N–H and O–H groups in total. The fourth-order valence-electron chi connectivity index (χ4n) is 3.90. The van der Waals surface area contributed by atoms with Crippen molar-refractivity contribution in [3.8, 4) is 0 Å². The van der Waals surface area contributed by atoms with E-state index in [9.17, 15) is 9.50 Å². The Bertz CT molecular complexity index is 861. The van der Waals surface area contributed by atoms with Crippen LogP contribution in [0.2, 0.25) is 0 Å². The second-order valence-electron chi connectivity index (χ2n) is 7.44. The summed E-state index contributed by atoms with van der Waals surface area (Å²) < 4.78 is 28.6. The van der Waals surface area contributed by atoms with E-state index in [1.54, 1.807) is 19.1 Å². The van der Waals surface area contributed by atoms with E-state index in [1.165, 1.54) is 12.1 Å². The lowest BCUT2D eigenvalue weighted by atomic mass is 9.80. The average molecular weight is 341 g/mol. The number of fused-ring (bicyclic) bond motifs is 1. The molecule has 25 heavy (non-hydrogen) atoms. The van der Waals surface area contributed by atoms with Gasteiger partial charge in [-0.3, -0.25) is 0 Å². The van der Waals surface area contributed by atoms with Gasteiger partial charge in [0.05, 0.1) is 5.60 Å². The first kappa shape index (κ1) is 16.3. The molecular weight excluding hydrogens is 320 g/mol. The predicted octanol–water partition coefficient (Wildman–Crippen LogP) is 4.67. The average Bonchev–Trinajstić information content (AvgIpc) is 3.28. The first-order valence-corrected chi connectivity index (χ1v) is 8.60. The standard InChI is InChI=1S/C21H21F2NO/c1-20(25,13-17-12-14-4-2-3-5-18(14)24-17)19(23)21(10-11-21)15-6-8-16(22)9-7-15/h2-9,12,19,24-25H,10-11,13H2,1H3. The quantitative estimate of drug-likeness (QED) is 0.695. The summed E-state index contributed by atoms with van der Waals surface area (Å²) in [6.45, 7) is 1.55. The lowest BCUT2D eigenvalue weighted by molar-refractivity contribution is -0.0366. The van der Waals surface area contributed by atoms with Gasteiger partial charge < -0.3 is 10.1 Å². The Labute approximate surface area is 145 Å². The van der Waals surface area contributed by atoms with Crippen molar-refractivity contribution in [2.75, 3.05) is 0 Å². The number of hydrogen-bond acceptors (Lipinski definition) is 1. The van der Waals surface area contributed by atoms with E-state index >= 15 is 4.39 Å². The highest BCUT2D eigenvalue weighted by molar-refractivity contribution is 5.80. The first-order chi connectivity index (χ1) is 11.9. The highest BCUT2D eigenvalue weighted by atomic mass is 19.1. The van der Waals surface area contributed by atoms with Crippen LogP contribution in [0.15, 0.2) is 54.6 Å². The highest BCUT2D eigenvalue weighted by Gasteiger charge is 2.57.